The van der Waals surface area contributed by atoms with Crippen molar-refractivity contribution >= 4 is 17.4 Å². The molecule has 11 heteroatoms. The molecular formula is C20H19ClF5N3O2. The van der Waals surface area contributed by atoms with Gasteiger partial charge in [0.15, 0.2) is 5.78 Å². The summed E-state index contributed by atoms with van der Waals surface area (Å²) in [7, 11) is 0. The summed E-state index contributed by atoms with van der Waals surface area (Å²) in [5.41, 5.74) is -1.23. The van der Waals surface area contributed by atoms with Gasteiger partial charge in [-0.2, -0.15) is 18.3 Å². The smallest absolute Gasteiger partial charge is 0.297 e. The van der Waals surface area contributed by atoms with Crippen LogP contribution in [0.1, 0.15) is 55.1 Å². The second-order valence-electron chi connectivity index (χ2n) is 8.14. The van der Waals surface area contributed by atoms with Gasteiger partial charge in [-0.3, -0.25) is 9.36 Å². The van der Waals surface area contributed by atoms with E-state index in [1.807, 2.05) is 0 Å². The van der Waals surface area contributed by atoms with Crippen LogP contribution in [0.25, 0.3) is 0 Å². The zero-order valence-corrected chi connectivity index (χ0v) is 17.0. The van der Waals surface area contributed by atoms with Gasteiger partial charge in [-0.15, -0.1) is 0 Å². The molecule has 0 spiro atoms. The summed E-state index contributed by atoms with van der Waals surface area (Å²) in [6.45, 7) is -0.126. The van der Waals surface area contributed by atoms with Gasteiger partial charge >= 0.3 is 11.9 Å². The van der Waals surface area contributed by atoms with Crippen molar-refractivity contribution in [3.05, 3.63) is 50.7 Å². The SMILES string of the molecule is O=C(C1CCC(F)(F)C1)[C@@H]1CCCc2nn(Cc3ccc(C(F)(F)F)c(Cl)c3)c(=O)n21. The third kappa shape index (κ3) is 4.26. The summed E-state index contributed by atoms with van der Waals surface area (Å²) in [5, 5.41) is 3.75. The number of carbonyl (C=O) groups excluding carboxylic acids is 1. The molecule has 2 heterocycles. The van der Waals surface area contributed by atoms with Crippen molar-refractivity contribution in [3.63, 3.8) is 0 Å². The predicted octanol–water partition coefficient (Wildman–Crippen LogP) is 4.65. The molecule has 1 aromatic heterocycles. The van der Waals surface area contributed by atoms with Gasteiger partial charge in [-0.25, -0.2) is 18.3 Å². The van der Waals surface area contributed by atoms with E-state index in [1.165, 1.54) is 10.6 Å². The summed E-state index contributed by atoms with van der Waals surface area (Å²) in [6.07, 6.45) is -3.96. The number of aromatic nitrogens is 3. The number of rotatable bonds is 4. The molecule has 0 saturated heterocycles. The highest BCUT2D eigenvalue weighted by Gasteiger charge is 2.45. The minimum Gasteiger partial charge on any atom is -0.297 e. The van der Waals surface area contributed by atoms with E-state index in [0.29, 0.717) is 30.7 Å². The molecule has 0 N–H and O–H groups in total. The van der Waals surface area contributed by atoms with E-state index >= 15 is 0 Å². The normalized spacial score (nSPS) is 23.0. The van der Waals surface area contributed by atoms with Crippen LogP contribution in [0.4, 0.5) is 22.0 Å². The van der Waals surface area contributed by atoms with Gasteiger partial charge in [0, 0.05) is 25.2 Å². The fourth-order valence-corrected chi connectivity index (χ4v) is 4.74. The van der Waals surface area contributed by atoms with Crippen molar-refractivity contribution in [3.8, 4) is 0 Å². The minimum atomic E-state index is -4.59. The number of carbonyl (C=O) groups is 1. The highest BCUT2D eigenvalue weighted by Crippen LogP contribution is 2.41. The van der Waals surface area contributed by atoms with Crippen LogP contribution in [0.3, 0.4) is 0 Å². The average Bonchev–Trinajstić information content (AvgIpc) is 3.19. The number of benzene rings is 1. The van der Waals surface area contributed by atoms with Crippen LogP contribution >= 0.6 is 11.6 Å². The average molecular weight is 464 g/mol. The lowest BCUT2D eigenvalue weighted by Crippen LogP contribution is -2.37. The van der Waals surface area contributed by atoms with Gasteiger partial charge in [-0.05, 0) is 37.0 Å². The standard InChI is InChI=1S/C20H19ClF5N3O2/c21-14-8-11(4-5-13(14)20(24,25)26)10-28-18(31)29-15(2-1-3-16(29)27-28)17(30)12-6-7-19(22,23)9-12/h4-5,8,12,15H,1-3,6-7,9-10H2/t12?,15-/m0/s1. The molecule has 1 unspecified atom stereocenters. The zero-order valence-electron chi connectivity index (χ0n) is 16.3. The molecule has 5 nitrogen and oxygen atoms in total. The molecule has 2 aromatic rings. The Morgan fingerprint density at radius 2 is 2.00 bits per heavy atom. The number of Topliss-reactive ketones (excluding diaryl/α,β-unsaturated/α-hetero) is 1. The highest BCUT2D eigenvalue weighted by atomic mass is 35.5. The highest BCUT2D eigenvalue weighted by molar-refractivity contribution is 6.31. The number of halogens is 6. The summed E-state index contributed by atoms with van der Waals surface area (Å²) in [5.74, 6) is -3.67. The van der Waals surface area contributed by atoms with Gasteiger partial charge < -0.3 is 0 Å². The number of aryl methyl sites for hydroxylation is 1. The lowest BCUT2D eigenvalue weighted by molar-refractivity contribution is -0.137. The number of ketones is 1. The van der Waals surface area contributed by atoms with Crippen molar-refractivity contribution < 1.29 is 26.7 Å². The Morgan fingerprint density at radius 3 is 2.61 bits per heavy atom. The summed E-state index contributed by atoms with van der Waals surface area (Å²) in [4.78, 5) is 25.8. The molecule has 0 amide bonds. The van der Waals surface area contributed by atoms with E-state index in [-0.39, 0.29) is 25.2 Å². The monoisotopic (exact) mass is 463 g/mol. The Labute approximate surface area is 178 Å². The van der Waals surface area contributed by atoms with Crippen LogP contribution < -0.4 is 5.69 Å². The van der Waals surface area contributed by atoms with Crippen LogP contribution in [0.15, 0.2) is 23.0 Å². The Balaban J connectivity index is 1.60. The van der Waals surface area contributed by atoms with Crippen LogP contribution in [0.2, 0.25) is 5.02 Å². The number of nitrogens with zero attached hydrogens (tertiary/aromatic N) is 3. The maximum Gasteiger partial charge on any atom is 0.417 e. The number of hydrogen-bond donors (Lipinski definition) is 0. The van der Waals surface area contributed by atoms with Crippen molar-refractivity contribution in [1.29, 1.82) is 0 Å². The van der Waals surface area contributed by atoms with E-state index < -0.39 is 46.8 Å². The summed E-state index contributed by atoms with van der Waals surface area (Å²) < 4.78 is 68.1. The van der Waals surface area contributed by atoms with Crippen LogP contribution in [-0.4, -0.2) is 26.1 Å². The third-order valence-corrected chi connectivity index (χ3v) is 6.25. The fraction of sp³-hybridized carbons (Fsp3) is 0.550. The third-order valence-electron chi connectivity index (χ3n) is 5.94. The van der Waals surface area contributed by atoms with E-state index in [1.54, 1.807) is 0 Å². The maximum absolute atomic E-state index is 13.6. The Hall–Kier alpha value is -2.23. The lowest BCUT2D eigenvalue weighted by atomic mass is 9.91. The molecule has 2 atom stereocenters. The summed E-state index contributed by atoms with van der Waals surface area (Å²) in [6, 6.07) is 2.33. The molecule has 168 valence electrons. The van der Waals surface area contributed by atoms with Gasteiger partial charge in [0.05, 0.1) is 23.2 Å². The van der Waals surface area contributed by atoms with Crippen LogP contribution in [0.5, 0.6) is 0 Å². The maximum atomic E-state index is 13.6. The van der Waals surface area contributed by atoms with Crippen molar-refractivity contribution in [2.24, 2.45) is 5.92 Å². The zero-order chi connectivity index (χ0) is 22.6. The van der Waals surface area contributed by atoms with Gasteiger partial charge in [0.1, 0.15) is 5.82 Å². The van der Waals surface area contributed by atoms with E-state index in [2.05, 4.69) is 5.10 Å². The number of alkyl halides is 5. The summed E-state index contributed by atoms with van der Waals surface area (Å²) >= 11 is 5.74. The molecule has 1 fully saturated rings. The largest absolute Gasteiger partial charge is 0.417 e. The molecule has 1 aromatic carbocycles. The first kappa shape index (κ1) is 22.0. The van der Waals surface area contributed by atoms with E-state index in [4.69, 9.17) is 11.6 Å². The minimum absolute atomic E-state index is 0.0879. The lowest BCUT2D eigenvalue weighted by Gasteiger charge is -2.24. The number of hydrogen-bond acceptors (Lipinski definition) is 3. The number of fused-ring (bicyclic) bond motifs is 1. The van der Waals surface area contributed by atoms with Crippen LogP contribution in [-0.2, 0) is 23.9 Å². The second-order valence-corrected chi connectivity index (χ2v) is 8.55. The predicted molar refractivity (Wildman–Crippen MR) is 101 cm³/mol. The first-order chi connectivity index (χ1) is 14.5. The first-order valence-electron chi connectivity index (χ1n) is 9.92. The Morgan fingerprint density at radius 1 is 1.26 bits per heavy atom. The molecule has 1 saturated carbocycles. The van der Waals surface area contributed by atoms with E-state index in [9.17, 15) is 31.5 Å². The van der Waals surface area contributed by atoms with Crippen molar-refractivity contribution in [1.82, 2.24) is 14.3 Å². The van der Waals surface area contributed by atoms with Crippen molar-refractivity contribution in [2.45, 2.75) is 63.2 Å². The van der Waals surface area contributed by atoms with Gasteiger partial charge in [0.2, 0.25) is 5.92 Å². The molecule has 4 rings (SSSR count). The fourth-order valence-electron chi connectivity index (χ4n) is 4.43. The topological polar surface area (TPSA) is 56.9 Å². The second kappa shape index (κ2) is 7.72. The van der Waals surface area contributed by atoms with E-state index in [0.717, 1.165) is 16.8 Å². The molecule has 0 bridgehead atoms. The van der Waals surface area contributed by atoms with Crippen LogP contribution in [0, 0.1) is 5.92 Å². The van der Waals surface area contributed by atoms with Gasteiger partial charge in [-0.1, -0.05) is 17.7 Å². The Bertz CT molecular complexity index is 1080. The molecule has 1 aliphatic heterocycles. The van der Waals surface area contributed by atoms with Gasteiger partial charge in [0.25, 0.3) is 0 Å². The first-order valence-corrected chi connectivity index (χ1v) is 10.3. The molecule has 1 aliphatic carbocycles. The molecule has 31 heavy (non-hydrogen) atoms. The molecule has 2 aliphatic rings. The molecular weight excluding hydrogens is 445 g/mol. The quantitative estimate of drug-likeness (QED) is 0.620. The molecule has 0 radical (unpaired) electrons. The Kier molecular flexibility index (Phi) is 5.47. The van der Waals surface area contributed by atoms with Crippen molar-refractivity contribution in [2.75, 3.05) is 0 Å².